The van der Waals surface area contributed by atoms with Crippen molar-refractivity contribution in [2.24, 2.45) is 10.9 Å². The Morgan fingerprint density at radius 2 is 1.95 bits per heavy atom. The first-order chi connectivity index (χ1) is 9.98. The van der Waals surface area contributed by atoms with Crippen molar-refractivity contribution in [3.8, 4) is 0 Å². The Morgan fingerprint density at radius 3 is 2.50 bits per heavy atom. The molecular formula is C15H24IN3O2S. The molecule has 0 saturated carbocycles. The van der Waals surface area contributed by atoms with Gasteiger partial charge in [-0.15, -0.1) is 24.0 Å². The standard InChI is InChI=1S/C15H23N3O2S.HI/c1-12-3-5-13(6-4-12)9-17-15(16-2)18-10-14-7-8-21(19,20)11-14;/h3-6,14H,7-11H2,1-2H3,(H2,16,17,18);1H. The highest BCUT2D eigenvalue weighted by atomic mass is 127. The number of hydrogen-bond acceptors (Lipinski definition) is 3. The number of halogens is 1. The zero-order valence-corrected chi connectivity index (χ0v) is 16.1. The summed E-state index contributed by atoms with van der Waals surface area (Å²) in [6.07, 6.45) is 0.740. The average molecular weight is 437 g/mol. The summed E-state index contributed by atoms with van der Waals surface area (Å²) >= 11 is 0. The molecule has 22 heavy (non-hydrogen) atoms. The minimum Gasteiger partial charge on any atom is -0.356 e. The van der Waals surface area contributed by atoms with Gasteiger partial charge in [0, 0.05) is 20.1 Å². The Balaban J connectivity index is 0.00000242. The summed E-state index contributed by atoms with van der Waals surface area (Å²) in [4.78, 5) is 4.16. The maximum Gasteiger partial charge on any atom is 0.191 e. The van der Waals surface area contributed by atoms with E-state index in [0.717, 1.165) is 6.42 Å². The Morgan fingerprint density at radius 1 is 1.27 bits per heavy atom. The van der Waals surface area contributed by atoms with Gasteiger partial charge in [0.05, 0.1) is 11.5 Å². The van der Waals surface area contributed by atoms with E-state index in [1.165, 1.54) is 11.1 Å². The SMILES string of the molecule is CN=C(NCc1ccc(C)cc1)NCC1CCS(=O)(=O)C1.I. The molecule has 2 rings (SSSR count). The number of aliphatic imine (C=N–C) groups is 1. The van der Waals surface area contributed by atoms with Crippen LogP contribution in [0.4, 0.5) is 0 Å². The number of aryl methyl sites for hydroxylation is 1. The maximum absolute atomic E-state index is 11.4. The highest BCUT2D eigenvalue weighted by Crippen LogP contribution is 2.17. The third-order valence-corrected chi connectivity index (χ3v) is 5.53. The molecule has 0 aromatic heterocycles. The number of sulfone groups is 1. The zero-order valence-electron chi connectivity index (χ0n) is 13.0. The summed E-state index contributed by atoms with van der Waals surface area (Å²) in [6.45, 7) is 3.41. The molecule has 0 aliphatic carbocycles. The fraction of sp³-hybridized carbons (Fsp3) is 0.533. The van der Waals surface area contributed by atoms with Crippen molar-refractivity contribution in [3.63, 3.8) is 0 Å². The highest BCUT2D eigenvalue weighted by Gasteiger charge is 2.27. The lowest BCUT2D eigenvalue weighted by atomic mass is 10.1. The molecule has 1 atom stereocenters. The number of benzene rings is 1. The highest BCUT2D eigenvalue weighted by molar-refractivity contribution is 14.0. The first-order valence-electron chi connectivity index (χ1n) is 7.19. The van der Waals surface area contributed by atoms with Crippen LogP contribution in [0.2, 0.25) is 0 Å². The topological polar surface area (TPSA) is 70.6 Å². The number of nitrogens with zero attached hydrogens (tertiary/aromatic N) is 1. The molecule has 0 radical (unpaired) electrons. The van der Waals surface area contributed by atoms with Crippen molar-refractivity contribution in [2.45, 2.75) is 19.9 Å². The zero-order chi connectivity index (χ0) is 15.3. The Hall–Kier alpha value is -0.830. The van der Waals surface area contributed by atoms with Crippen LogP contribution in [0.3, 0.4) is 0 Å². The monoisotopic (exact) mass is 437 g/mol. The van der Waals surface area contributed by atoms with Gasteiger partial charge in [-0.05, 0) is 24.8 Å². The van der Waals surface area contributed by atoms with E-state index in [2.05, 4.69) is 46.8 Å². The van der Waals surface area contributed by atoms with Gasteiger partial charge in [-0.2, -0.15) is 0 Å². The van der Waals surface area contributed by atoms with Gasteiger partial charge >= 0.3 is 0 Å². The summed E-state index contributed by atoms with van der Waals surface area (Å²) in [5, 5.41) is 6.44. The van der Waals surface area contributed by atoms with E-state index in [-0.39, 0.29) is 35.6 Å². The molecule has 1 saturated heterocycles. The first-order valence-corrected chi connectivity index (χ1v) is 9.01. The van der Waals surface area contributed by atoms with Crippen LogP contribution in [-0.2, 0) is 16.4 Å². The molecule has 2 N–H and O–H groups in total. The smallest absolute Gasteiger partial charge is 0.191 e. The minimum atomic E-state index is -2.81. The molecule has 1 aromatic rings. The largest absolute Gasteiger partial charge is 0.356 e. The quantitative estimate of drug-likeness (QED) is 0.428. The van der Waals surface area contributed by atoms with Crippen LogP contribution in [-0.4, -0.2) is 39.5 Å². The van der Waals surface area contributed by atoms with Crippen LogP contribution in [0, 0.1) is 12.8 Å². The van der Waals surface area contributed by atoms with Crippen molar-refractivity contribution in [2.75, 3.05) is 25.1 Å². The summed E-state index contributed by atoms with van der Waals surface area (Å²) < 4.78 is 22.8. The number of hydrogen-bond donors (Lipinski definition) is 2. The van der Waals surface area contributed by atoms with E-state index in [9.17, 15) is 8.42 Å². The molecule has 7 heteroatoms. The fourth-order valence-electron chi connectivity index (χ4n) is 2.39. The van der Waals surface area contributed by atoms with Crippen LogP contribution in [0.5, 0.6) is 0 Å². The molecule has 1 heterocycles. The maximum atomic E-state index is 11.4. The van der Waals surface area contributed by atoms with Crippen LogP contribution in [0.25, 0.3) is 0 Å². The lowest BCUT2D eigenvalue weighted by molar-refractivity contribution is 0.567. The normalized spacial score (nSPS) is 20.3. The van der Waals surface area contributed by atoms with E-state index >= 15 is 0 Å². The lowest BCUT2D eigenvalue weighted by Gasteiger charge is -2.14. The molecule has 0 spiro atoms. The second kappa shape index (κ2) is 8.71. The van der Waals surface area contributed by atoms with Crippen molar-refractivity contribution >= 4 is 39.8 Å². The summed E-state index contributed by atoms with van der Waals surface area (Å²) in [5.41, 5.74) is 2.43. The Kier molecular flexibility index (Phi) is 7.61. The van der Waals surface area contributed by atoms with Crippen LogP contribution < -0.4 is 10.6 Å². The minimum absolute atomic E-state index is 0. The number of guanidine groups is 1. The average Bonchev–Trinajstić information content (AvgIpc) is 2.80. The van der Waals surface area contributed by atoms with Crippen molar-refractivity contribution < 1.29 is 8.42 Å². The van der Waals surface area contributed by atoms with E-state index in [1.807, 2.05) is 0 Å². The van der Waals surface area contributed by atoms with Crippen molar-refractivity contribution in [3.05, 3.63) is 35.4 Å². The third kappa shape index (κ3) is 6.12. The van der Waals surface area contributed by atoms with Gasteiger partial charge in [-0.25, -0.2) is 8.42 Å². The molecule has 124 valence electrons. The lowest BCUT2D eigenvalue weighted by Crippen LogP contribution is -2.39. The fourth-order valence-corrected chi connectivity index (χ4v) is 4.25. The molecule has 1 aliphatic heterocycles. The molecule has 1 aromatic carbocycles. The number of rotatable bonds is 4. The second-order valence-electron chi connectivity index (χ2n) is 5.56. The summed E-state index contributed by atoms with van der Waals surface area (Å²) in [7, 11) is -1.09. The molecule has 1 unspecified atom stereocenters. The van der Waals surface area contributed by atoms with Gasteiger partial charge in [0.1, 0.15) is 0 Å². The second-order valence-corrected chi connectivity index (χ2v) is 7.79. The first kappa shape index (κ1) is 19.2. The van der Waals surface area contributed by atoms with E-state index in [4.69, 9.17) is 0 Å². The van der Waals surface area contributed by atoms with Gasteiger partial charge in [0.2, 0.25) is 0 Å². The predicted molar refractivity (Wildman–Crippen MR) is 102 cm³/mol. The predicted octanol–water partition coefficient (Wildman–Crippen LogP) is 1.71. The van der Waals surface area contributed by atoms with Crippen molar-refractivity contribution in [1.82, 2.24) is 10.6 Å². The van der Waals surface area contributed by atoms with E-state index in [0.29, 0.717) is 24.8 Å². The van der Waals surface area contributed by atoms with Gasteiger partial charge in [0.25, 0.3) is 0 Å². The van der Waals surface area contributed by atoms with Gasteiger partial charge < -0.3 is 10.6 Å². The number of nitrogens with one attached hydrogen (secondary N) is 2. The van der Waals surface area contributed by atoms with Crippen LogP contribution >= 0.6 is 24.0 Å². The molecule has 0 bridgehead atoms. The molecule has 1 fully saturated rings. The van der Waals surface area contributed by atoms with E-state index < -0.39 is 9.84 Å². The van der Waals surface area contributed by atoms with Crippen LogP contribution in [0.15, 0.2) is 29.3 Å². The van der Waals surface area contributed by atoms with Gasteiger partial charge in [-0.3, -0.25) is 4.99 Å². The van der Waals surface area contributed by atoms with Crippen molar-refractivity contribution in [1.29, 1.82) is 0 Å². The Labute approximate surface area is 149 Å². The third-order valence-electron chi connectivity index (χ3n) is 3.69. The summed E-state index contributed by atoms with van der Waals surface area (Å²) in [5.74, 6) is 1.50. The summed E-state index contributed by atoms with van der Waals surface area (Å²) in [6, 6.07) is 8.32. The van der Waals surface area contributed by atoms with E-state index in [1.54, 1.807) is 7.05 Å². The van der Waals surface area contributed by atoms with Crippen LogP contribution in [0.1, 0.15) is 17.5 Å². The Bertz CT molecular complexity index is 600. The van der Waals surface area contributed by atoms with Gasteiger partial charge in [0.15, 0.2) is 15.8 Å². The van der Waals surface area contributed by atoms with Gasteiger partial charge in [-0.1, -0.05) is 29.8 Å². The molecule has 5 nitrogen and oxygen atoms in total. The molecule has 1 aliphatic rings. The molecular weight excluding hydrogens is 413 g/mol. The molecule has 0 amide bonds.